The molecule has 0 bridgehead atoms. The van der Waals surface area contributed by atoms with E-state index < -0.39 is 6.17 Å². The van der Waals surface area contributed by atoms with Crippen LogP contribution >= 0.6 is 11.8 Å². The largest absolute Gasteiger partial charge is 0.246 e. The van der Waals surface area contributed by atoms with Gasteiger partial charge in [-0.25, -0.2) is 9.23 Å². The zero-order valence-electron chi connectivity index (χ0n) is 3.54. The molecule has 0 aliphatic heterocycles. The molecule has 0 aromatic carbocycles. The Morgan fingerprint density at radius 1 is 2.00 bits per heavy atom. The predicted molar refractivity (Wildman–Crippen MR) is 24.4 cm³/mol. The van der Waals surface area contributed by atoms with E-state index in [1.165, 1.54) is 6.92 Å². The number of alkyl halides is 1. The number of halogens is 2. The summed E-state index contributed by atoms with van der Waals surface area (Å²) in [4.78, 5) is 2.16. The average Bonchev–Trinajstić information content (AvgIpc) is 1.35. The van der Waals surface area contributed by atoms with Crippen molar-refractivity contribution in [1.29, 1.82) is 0 Å². The SMILES string of the molecule is C[C@@H](F)CNCl. The summed E-state index contributed by atoms with van der Waals surface area (Å²) >= 11 is 4.91. The van der Waals surface area contributed by atoms with Gasteiger partial charge in [-0.3, -0.25) is 0 Å². The second-order valence-corrected chi connectivity index (χ2v) is 1.39. The van der Waals surface area contributed by atoms with Crippen molar-refractivity contribution in [3.8, 4) is 0 Å². The van der Waals surface area contributed by atoms with Crippen molar-refractivity contribution in [3.05, 3.63) is 0 Å². The Hall–Kier alpha value is 0.180. The molecule has 1 N–H and O–H groups in total. The minimum atomic E-state index is -0.845. The average molecular weight is 112 g/mol. The highest BCUT2D eigenvalue weighted by molar-refractivity contribution is 6.13. The fourth-order valence-electron chi connectivity index (χ4n) is 0.106. The van der Waals surface area contributed by atoms with Gasteiger partial charge in [-0.15, -0.1) is 0 Å². The van der Waals surface area contributed by atoms with Gasteiger partial charge in [0, 0.05) is 6.54 Å². The maximum atomic E-state index is 11.6. The molecule has 0 unspecified atom stereocenters. The molecule has 0 amide bonds. The highest BCUT2D eigenvalue weighted by Crippen LogP contribution is 1.82. The van der Waals surface area contributed by atoms with Gasteiger partial charge < -0.3 is 0 Å². The maximum absolute atomic E-state index is 11.6. The van der Waals surface area contributed by atoms with Crippen molar-refractivity contribution >= 4 is 11.8 Å². The highest BCUT2D eigenvalue weighted by Gasteiger charge is 1.90. The van der Waals surface area contributed by atoms with Crippen molar-refractivity contribution in [3.63, 3.8) is 0 Å². The zero-order valence-corrected chi connectivity index (χ0v) is 4.30. The van der Waals surface area contributed by atoms with Gasteiger partial charge in [-0.2, -0.15) is 0 Å². The lowest BCUT2D eigenvalue weighted by molar-refractivity contribution is 0.362. The van der Waals surface area contributed by atoms with Crippen LogP contribution in [-0.4, -0.2) is 12.7 Å². The summed E-state index contributed by atoms with van der Waals surface area (Å²) < 4.78 is 11.6. The monoisotopic (exact) mass is 111 g/mol. The van der Waals surface area contributed by atoms with Crippen LogP contribution in [0.3, 0.4) is 0 Å². The lowest BCUT2D eigenvalue weighted by Gasteiger charge is -1.92. The molecule has 6 heavy (non-hydrogen) atoms. The van der Waals surface area contributed by atoms with E-state index in [0.29, 0.717) is 0 Å². The van der Waals surface area contributed by atoms with E-state index in [9.17, 15) is 4.39 Å². The van der Waals surface area contributed by atoms with Gasteiger partial charge in [-0.1, -0.05) is 0 Å². The number of rotatable bonds is 2. The molecule has 0 aromatic heterocycles. The van der Waals surface area contributed by atoms with Gasteiger partial charge in [0.25, 0.3) is 0 Å². The third-order valence-corrected chi connectivity index (χ3v) is 0.513. The number of hydrogen-bond acceptors (Lipinski definition) is 1. The van der Waals surface area contributed by atoms with Crippen LogP contribution in [0, 0.1) is 0 Å². The van der Waals surface area contributed by atoms with Crippen LogP contribution in [-0.2, 0) is 0 Å². The first-order chi connectivity index (χ1) is 2.77. The lowest BCUT2D eigenvalue weighted by Crippen LogP contribution is -2.11. The molecule has 0 radical (unpaired) electrons. The summed E-state index contributed by atoms with van der Waals surface area (Å²) in [5, 5.41) is 0. The predicted octanol–water partition coefficient (Wildman–Crippen LogP) is 1.09. The summed E-state index contributed by atoms with van der Waals surface area (Å²) in [6.45, 7) is 1.66. The first kappa shape index (κ1) is 6.18. The van der Waals surface area contributed by atoms with E-state index >= 15 is 0 Å². The van der Waals surface area contributed by atoms with Crippen LogP contribution in [0.2, 0.25) is 0 Å². The smallest absolute Gasteiger partial charge is 0.111 e. The summed E-state index contributed by atoms with van der Waals surface area (Å²) in [5.41, 5.74) is 0. The van der Waals surface area contributed by atoms with Crippen molar-refractivity contribution < 1.29 is 4.39 Å². The van der Waals surface area contributed by atoms with Gasteiger partial charge in [0.15, 0.2) is 0 Å². The molecule has 0 saturated carbocycles. The summed E-state index contributed by atoms with van der Waals surface area (Å²) in [6, 6.07) is 0. The summed E-state index contributed by atoms with van der Waals surface area (Å²) in [7, 11) is 0. The second kappa shape index (κ2) is 3.37. The Morgan fingerprint density at radius 2 is 2.50 bits per heavy atom. The molecule has 0 aromatic rings. The Kier molecular flexibility index (Phi) is 3.47. The fourth-order valence-corrected chi connectivity index (χ4v) is 0.319. The van der Waals surface area contributed by atoms with E-state index in [4.69, 9.17) is 11.8 Å². The Labute approximate surface area is 41.6 Å². The molecule has 0 aliphatic carbocycles. The van der Waals surface area contributed by atoms with Crippen LogP contribution < -0.4 is 4.84 Å². The molecule has 3 heteroatoms. The highest BCUT2D eigenvalue weighted by atomic mass is 35.5. The van der Waals surface area contributed by atoms with Crippen LogP contribution in [0.25, 0.3) is 0 Å². The minimum Gasteiger partial charge on any atom is -0.246 e. The van der Waals surface area contributed by atoms with Crippen LogP contribution in [0.4, 0.5) is 4.39 Å². The van der Waals surface area contributed by atoms with Crippen LogP contribution in [0.1, 0.15) is 6.92 Å². The lowest BCUT2D eigenvalue weighted by atomic mass is 10.5. The van der Waals surface area contributed by atoms with E-state index in [1.807, 2.05) is 0 Å². The van der Waals surface area contributed by atoms with Gasteiger partial charge >= 0.3 is 0 Å². The zero-order chi connectivity index (χ0) is 4.99. The summed E-state index contributed by atoms with van der Waals surface area (Å²) in [6.07, 6.45) is -0.845. The molecule has 0 heterocycles. The Balaban J connectivity index is 2.63. The van der Waals surface area contributed by atoms with E-state index in [2.05, 4.69) is 4.84 Å². The second-order valence-electron chi connectivity index (χ2n) is 1.12. The molecule has 0 fully saturated rings. The molecule has 0 saturated heterocycles. The molecular formula is C3H7ClFN. The third-order valence-electron chi connectivity index (χ3n) is 0.358. The quantitative estimate of drug-likeness (QED) is 0.526. The van der Waals surface area contributed by atoms with Gasteiger partial charge in [-0.05, 0) is 18.7 Å². The van der Waals surface area contributed by atoms with Crippen LogP contribution in [0.5, 0.6) is 0 Å². The fraction of sp³-hybridized carbons (Fsp3) is 1.00. The molecule has 38 valence electrons. The van der Waals surface area contributed by atoms with Crippen LogP contribution in [0.15, 0.2) is 0 Å². The molecule has 1 atom stereocenters. The first-order valence-electron chi connectivity index (χ1n) is 1.75. The Bertz CT molecular complexity index is 32.0. The van der Waals surface area contributed by atoms with Crippen molar-refractivity contribution in [2.45, 2.75) is 13.1 Å². The van der Waals surface area contributed by atoms with E-state index in [1.54, 1.807) is 0 Å². The molecule has 0 rings (SSSR count). The molecule has 0 aliphatic rings. The Morgan fingerprint density at radius 3 is 2.50 bits per heavy atom. The minimum absolute atomic E-state index is 0.224. The normalized spacial score (nSPS) is 14.5. The number of nitrogens with one attached hydrogen (secondary N) is 1. The van der Waals surface area contributed by atoms with E-state index in [-0.39, 0.29) is 6.54 Å². The molecular weight excluding hydrogens is 104 g/mol. The molecule has 1 nitrogen and oxygen atoms in total. The van der Waals surface area contributed by atoms with Gasteiger partial charge in [0.1, 0.15) is 6.17 Å². The number of hydrogen-bond donors (Lipinski definition) is 1. The maximum Gasteiger partial charge on any atom is 0.111 e. The standard InChI is InChI=1S/C3H7ClFN/c1-3(5)2-6-4/h3,6H,2H2,1H3/t3-/m1/s1. The topological polar surface area (TPSA) is 12.0 Å². The van der Waals surface area contributed by atoms with Crippen molar-refractivity contribution in [1.82, 2.24) is 4.84 Å². The van der Waals surface area contributed by atoms with Crippen molar-refractivity contribution in [2.75, 3.05) is 6.54 Å². The van der Waals surface area contributed by atoms with Gasteiger partial charge in [0.2, 0.25) is 0 Å². The third kappa shape index (κ3) is 4.18. The van der Waals surface area contributed by atoms with Gasteiger partial charge in [0.05, 0.1) is 0 Å². The van der Waals surface area contributed by atoms with E-state index in [0.717, 1.165) is 0 Å². The molecule has 0 spiro atoms. The first-order valence-corrected chi connectivity index (χ1v) is 2.12. The summed E-state index contributed by atoms with van der Waals surface area (Å²) in [5.74, 6) is 0. The van der Waals surface area contributed by atoms with Crippen molar-refractivity contribution in [2.24, 2.45) is 0 Å².